The highest BCUT2D eigenvalue weighted by molar-refractivity contribution is 5.85. The van der Waals surface area contributed by atoms with Crippen LogP contribution in [0.5, 0.6) is 0 Å². The van der Waals surface area contributed by atoms with Crippen molar-refractivity contribution in [3.05, 3.63) is 17.7 Å². The fourth-order valence-corrected chi connectivity index (χ4v) is 2.30. The van der Waals surface area contributed by atoms with Gasteiger partial charge in [0.25, 0.3) is 0 Å². The Bertz CT molecular complexity index is 386. The number of halogens is 4. The molecule has 0 aliphatic carbocycles. The highest BCUT2D eigenvalue weighted by atomic mass is 35.5. The van der Waals surface area contributed by atoms with E-state index in [2.05, 4.69) is 14.9 Å². The molecule has 1 aromatic heterocycles. The Morgan fingerprint density at radius 3 is 2.47 bits per heavy atom. The largest absolute Gasteiger partial charge is 0.432 e. The molecule has 0 saturated carbocycles. The summed E-state index contributed by atoms with van der Waals surface area (Å²) in [5.74, 6) is 0.546. The smallest absolute Gasteiger partial charge is 0.338 e. The first kappa shape index (κ1) is 16.3. The SMILES string of the molecule is Cl.NCCN1CCC(c2ncc(C(F)(F)F)[nH]2)CC1. The van der Waals surface area contributed by atoms with Crippen molar-refractivity contribution in [2.75, 3.05) is 26.2 Å². The zero-order chi connectivity index (χ0) is 13.2. The summed E-state index contributed by atoms with van der Waals surface area (Å²) in [5, 5.41) is 0. The molecule has 1 aromatic rings. The van der Waals surface area contributed by atoms with Gasteiger partial charge in [0.2, 0.25) is 0 Å². The lowest BCUT2D eigenvalue weighted by molar-refractivity contribution is -0.141. The van der Waals surface area contributed by atoms with Gasteiger partial charge in [0, 0.05) is 19.0 Å². The third-order valence-corrected chi connectivity index (χ3v) is 3.32. The van der Waals surface area contributed by atoms with Crippen molar-refractivity contribution in [3.8, 4) is 0 Å². The summed E-state index contributed by atoms with van der Waals surface area (Å²) >= 11 is 0. The monoisotopic (exact) mass is 298 g/mol. The number of imidazole rings is 1. The number of hydrogen-bond donors (Lipinski definition) is 2. The number of likely N-dealkylation sites (tertiary alicyclic amines) is 1. The van der Waals surface area contributed by atoms with Crippen LogP contribution in [0, 0.1) is 0 Å². The number of alkyl halides is 3. The Balaban J connectivity index is 0.00000180. The molecule has 1 saturated heterocycles. The number of nitrogens with two attached hydrogens (primary N) is 1. The van der Waals surface area contributed by atoms with Gasteiger partial charge in [-0.2, -0.15) is 13.2 Å². The van der Waals surface area contributed by atoms with Gasteiger partial charge in [-0.05, 0) is 25.9 Å². The van der Waals surface area contributed by atoms with Gasteiger partial charge in [-0.25, -0.2) is 4.98 Å². The van der Waals surface area contributed by atoms with Crippen LogP contribution in [0.15, 0.2) is 6.20 Å². The summed E-state index contributed by atoms with van der Waals surface area (Å²) in [4.78, 5) is 8.48. The predicted molar refractivity (Wildman–Crippen MR) is 68.3 cm³/mol. The number of H-pyrrole nitrogens is 1. The van der Waals surface area contributed by atoms with Crippen LogP contribution in [-0.2, 0) is 6.18 Å². The van der Waals surface area contributed by atoms with Crippen molar-refractivity contribution in [2.24, 2.45) is 5.73 Å². The average molecular weight is 299 g/mol. The molecule has 19 heavy (non-hydrogen) atoms. The molecule has 2 heterocycles. The summed E-state index contributed by atoms with van der Waals surface area (Å²) in [6.07, 6.45) is -1.82. The fraction of sp³-hybridized carbons (Fsp3) is 0.727. The van der Waals surface area contributed by atoms with Gasteiger partial charge < -0.3 is 15.6 Å². The first-order valence-electron chi connectivity index (χ1n) is 6.05. The summed E-state index contributed by atoms with van der Waals surface area (Å²) in [5.41, 5.74) is 4.71. The highest BCUT2D eigenvalue weighted by Crippen LogP contribution is 2.31. The predicted octanol–water partition coefficient (Wildman–Crippen LogP) is 1.99. The molecule has 1 fully saturated rings. The van der Waals surface area contributed by atoms with Gasteiger partial charge in [0.1, 0.15) is 11.5 Å². The molecule has 3 N–H and O–H groups in total. The van der Waals surface area contributed by atoms with Crippen LogP contribution in [0.4, 0.5) is 13.2 Å². The first-order valence-corrected chi connectivity index (χ1v) is 6.05. The van der Waals surface area contributed by atoms with E-state index >= 15 is 0 Å². The van der Waals surface area contributed by atoms with Gasteiger partial charge >= 0.3 is 6.18 Å². The molecule has 2 rings (SSSR count). The standard InChI is InChI=1S/C11H17F3N4.ClH/c12-11(13,14)9-7-16-10(17-9)8-1-4-18(5-2-8)6-3-15;/h7-8H,1-6,15H2,(H,16,17);1H. The van der Waals surface area contributed by atoms with Crippen molar-refractivity contribution in [1.29, 1.82) is 0 Å². The molecule has 0 amide bonds. The molecular formula is C11H18ClF3N4. The number of nitrogens with one attached hydrogen (secondary N) is 1. The molecule has 8 heteroatoms. The van der Waals surface area contributed by atoms with Gasteiger partial charge in [0.15, 0.2) is 0 Å². The first-order chi connectivity index (χ1) is 8.50. The van der Waals surface area contributed by atoms with Crippen LogP contribution in [0.25, 0.3) is 0 Å². The van der Waals surface area contributed by atoms with Gasteiger partial charge in [-0.3, -0.25) is 0 Å². The molecule has 0 spiro atoms. The second kappa shape index (κ2) is 6.58. The Labute approximate surface area is 116 Å². The number of piperidine rings is 1. The van der Waals surface area contributed by atoms with E-state index in [0.29, 0.717) is 12.4 Å². The molecule has 0 radical (unpaired) electrons. The van der Waals surface area contributed by atoms with E-state index in [1.807, 2.05) is 0 Å². The minimum absolute atomic E-state index is 0. The molecule has 1 aliphatic rings. The Kier molecular flexibility index (Phi) is 5.64. The molecule has 0 aromatic carbocycles. The zero-order valence-electron chi connectivity index (χ0n) is 10.4. The Morgan fingerprint density at radius 2 is 2.00 bits per heavy atom. The number of aromatic nitrogens is 2. The van der Waals surface area contributed by atoms with E-state index in [1.165, 1.54) is 0 Å². The molecular weight excluding hydrogens is 281 g/mol. The van der Waals surface area contributed by atoms with E-state index in [4.69, 9.17) is 5.73 Å². The number of nitrogens with zero attached hydrogens (tertiary/aromatic N) is 2. The zero-order valence-corrected chi connectivity index (χ0v) is 11.2. The third kappa shape index (κ3) is 4.09. The third-order valence-electron chi connectivity index (χ3n) is 3.32. The van der Waals surface area contributed by atoms with E-state index in [1.54, 1.807) is 0 Å². The lowest BCUT2D eigenvalue weighted by Crippen LogP contribution is -2.36. The molecule has 0 bridgehead atoms. The van der Waals surface area contributed by atoms with Crippen molar-refractivity contribution in [3.63, 3.8) is 0 Å². The van der Waals surface area contributed by atoms with Crippen molar-refractivity contribution < 1.29 is 13.2 Å². The molecule has 0 unspecified atom stereocenters. The van der Waals surface area contributed by atoms with Crippen molar-refractivity contribution >= 4 is 12.4 Å². The van der Waals surface area contributed by atoms with Crippen molar-refractivity contribution in [2.45, 2.75) is 24.9 Å². The minimum atomic E-state index is -4.34. The van der Waals surface area contributed by atoms with E-state index in [9.17, 15) is 13.2 Å². The maximum Gasteiger partial charge on any atom is 0.432 e. The summed E-state index contributed by atoms with van der Waals surface area (Å²) in [6.45, 7) is 3.19. The van der Waals surface area contributed by atoms with Crippen LogP contribution >= 0.6 is 12.4 Å². The van der Waals surface area contributed by atoms with E-state index in [-0.39, 0.29) is 18.3 Å². The van der Waals surface area contributed by atoms with E-state index < -0.39 is 11.9 Å². The normalized spacial score (nSPS) is 18.3. The lowest BCUT2D eigenvalue weighted by atomic mass is 9.96. The Hall–Kier alpha value is -0.790. The van der Waals surface area contributed by atoms with Crippen LogP contribution in [0.3, 0.4) is 0 Å². The lowest BCUT2D eigenvalue weighted by Gasteiger charge is -2.30. The quantitative estimate of drug-likeness (QED) is 0.897. The van der Waals surface area contributed by atoms with Crippen LogP contribution in [-0.4, -0.2) is 41.0 Å². The topological polar surface area (TPSA) is 57.9 Å². The minimum Gasteiger partial charge on any atom is -0.338 e. The molecule has 0 atom stereocenters. The van der Waals surface area contributed by atoms with Crippen LogP contribution < -0.4 is 5.73 Å². The van der Waals surface area contributed by atoms with E-state index in [0.717, 1.165) is 38.7 Å². The van der Waals surface area contributed by atoms with Crippen molar-refractivity contribution in [1.82, 2.24) is 14.9 Å². The average Bonchev–Trinajstić information content (AvgIpc) is 2.79. The maximum atomic E-state index is 12.4. The fourth-order valence-electron chi connectivity index (χ4n) is 2.30. The summed E-state index contributed by atoms with van der Waals surface area (Å²) < 4.78 is 37.3. The van der Waals surface area contributed by atoms with Gasteiger partial charge in [-0.1, -0.05) is 0 Å². The second-order valence-electron chi connectivity index (χ2n) is 4.58. The summed E-state index contributed by atoms with van der Waals surface area (Å²) in [6, 6.07) is 0. The number of aromatic amines is 1. The number of rotatable bonds is 3. The maximum absolute atomic E-state index is 12.4. The van der Waals surface area contributed by atoms with Crippen LogP contribution in [0.2, 0.25) is 0 Å². The summed E-state index contributed by atoms with van der Waals surface area (Å²) in [7, 11) is 0. The molecule has 1 aliphatic heterocycles. The number of hydrogen-bond acceptors (Lipinski definition) is 3. The highest BCUT2D eigenvalue weighted by Gasteiger charge is 2.34. The van der Waals surface area contributed by atoms with Gasteiger partial charge in [-0.15, -0.1) is 12.4 Å². The molecule has 4 nitrogen and oxygen atoms in total. The van der Waals surface area contributed by atoms with Crippen LogP contribution in [0.1, 0.15) is 30.3 Å². The van der Waals surface area contributed by atoms with Gasteiger partial charge in [0.05, 0.1) is 6.20 Å². The Morgan fingerprint density at radius 1 is 1.37 bits per heavy atom. The second-order valence-corrected chi connectivity index (χ2v) is 4.58. The molecule has 110 valence electrons.